The lowest BCUT2D eigenvalue weighted by Crippen LogP contribution is -2.05. The van der Waals surface area contributed by atoms with Gasteiger partial charge in [0.2, 0.25) is 0 Å². The Morgan fingerprint density at radius 3 is 2.25 bits per heavy atom. The van der Waals surface area contributed by atoms with Gasteiger partial charge in [0, 0.05) is 16.3 Å². The molecule has 1 aromatic heterocycles. The molecule has 0 aliphatic heterocycles. The third-order valence-corrected chi connectivity index (χ3v) is 5.39. The Labute approximate surface area is 139 Å². The summed E-state index contributed by atoms with van der Waals surface area (Å²) < 4.78 is 6.27. The first-order chi connectivity index (χ1) is 11.8. The molecule has 2 heteroatoms. The lowest BCUT2D eigenvalue weighted by atomic mass is 9.85. The van der Waals surface area contributed by atoms with E-state index >= 15 is 0 Å². The summed E-state index contributed by atoms with van der Waals surface area (Å²) >= 11 is 0. The number of furan rings is 1. The van der Waals surface area contributed by atoms with Gasteiger partial charge in [-0.1, -0.05) is 60.7 Å². The Kier molecular flexibility index (Phi) is 2.12. The number of para-hydroxylation sites is 1. The minimum Gasteiger partial charge on any atom is -0.457 e. The van der Waals surface area contributed by atoms with E-state index in [4.69, 9.17) is 4.42 Å². The highest BCUT2D eigenvalue weighted by Gasteiger charge is 2.27. The van der Waals surface area contributed by atoms with Crippen molar-refractivity contribution in [1.82, 2.24) is 0 Å². The predicted molar refractivity (Wildman–Crippen MR) is 104 cm³/mol. The van der Waals surface area contributed by atoms with Crippen molar-refractivity contribution in [1.29, 1.82) is 0 Å². The highest BCUT2D eigenvalue weighted by atomic mass is 16.3. The standard InChI is InChI=1S/C22H13BO/c23-21-16-10-5-9-13-12-6-1-2-7-14(12)19(18(13)16)20-15-8-3-4-11-17(15)24-22(20)21/h1-11H,23H2. The molecule has 110 valence electrons. The summed E-state index contributed by atoms with van der Waals surface area (Å²) in [7, 11) is 2.18. The average Bonchev–Trinajstić information content (AvgIpc) is 3.17. The largest absolute Gasteiger partial charge is 0.457 e. The Bertz CT molecular complexity index is 1310. The Morgan fingerprint density at radius 2 is 1.33 bits per heavy atom. The van der Waals surface area contributed by atoms with Crippen LogP contribution in [0.25, 0.3) is 55.0 Å². The van der Waals surface area contributed by atoms with Gasteiger partial charge in [-0.05, 0) is 39.0 Å². The molecule has 0 bridgehead atoms. The number of benzene rings is 4. The molecule has 0 N–H and O–H groups in total. The van der Waals surface area contributed by atoms with Gasteiger partial charge in [-0.2, -0.15) is 0 Å². The molecule has 1 nitrogen and oxygen atoms in total. The van der Waals surface area contributed by atoms with E-state index in [0.29, 0.717) is 0 Å². The number of fused-ring (bicyclic) bond motifs is 7. The minimum atomic E-state index is 0.966. The van der Waals surface area contributed by atoms with Crippen molar-refractivity contribution in [2.75, 3.05) is 0 Å². The molecule has 0 unspecified atom stereocenters. The van der Waals surface area contributed by atoms with Gasteiger partial charge in [0.1, 0.15) is 19.0 Å². The summed E-state index contributed by atoms with van der Waals surface area (Å²) in [4.78, 5) is 0. The maximum atomic E-state index is 6.27. The van der Waals surface area contributed by atoms with Gasteiger partial charge < -0.3 is 4.42 Å². The van der Waals surface area contributed by atoms with Crippen LogP contribution in [0.5, 0.6) is 0 Å². The first kappa shape index (κ1) is 12.4. The summed E-state index contributed by atoms with van der Waals surface area (Å²) in [6, 6.07) is 23.7. The predicted octanol–water partition coefficient (Wildman–Crippen LogP) is 4.65. The molecule has 0 radical (unpaired) electrons. The fourth-order valence-electron chi connectivity index (χ4n) is 4.37. The van der Waals surface area contributed by atoms with E-state index in [1.54, 1.807) is 0 Å². The Morgan fingerprint density at radius 1 is 0.625 bits per heavy atom. The van der Waals surface area contributed by atoms with Crippen LogP contribution in [0, 0.1) is 0 Å². The quantitative estimate of drug-likeness (QED) is 0.372. The fraction of sp³-hybridized carbons (Fsp3) is 0. The SMILES string of the molecule is Bc1c2cccc3c2c(c2c1oc1ccccc12)-c1ccccc1-3. The first-order valence-corrected chi connectivity index (χ1v) is 8.31. The Hall–Kier alpha value is -3.00. The summed E-state index contributed by atoms with van der Waals surface area (Å²) in [5.41, 5.74) is 8.54. The third-order valence-electron chi connectivity index (χ3n) is 5.39. The van der Waals surface area contributed by atoms with Gasteiger partial charge >= 0.3 is 0 Å². The fourth-order valence-corrected chi connectivity index (χ4v) is 4.37. The molecule has 0 atom stereocenters. The van der Waals surface area contributed by atoms with E-state index in [-0.39, 0.29) is 0 Å². The van der Waals surface area contributed by atoms with Crippen molar-refractivity contribution >= 4 is 46.0 Å². The van der Waals surface area contributed by atoms with Crippen LogP contribution in [-0.4, -0.2) is 7.85 Å². The molecule has 1 heterocycles. The number of hydrogen-bond donors (Lipinski definition) is 0. The van der Waals surface area contributed by atoms with Gasteiger partial charge in [-0.25, -0.2) is 0 Å². The summed E-state index contributed by atoms with van der Waals surface area (Å²) in [5, 5.41) is 5.13. The lowest BCUT2D eigenvalue weighted by Gasteiger charge is -2.08. The average molecular weight is 304 g/mol. The van der Waals surface area contributed by atoms with Gasteiger partial charge in [0.25, 0.3) is 0 Å². The van der Waals surface area contributed by atoms with Crippen molar-refractivity contribution in [2.24, 2.45) is 0 Å². The van der Waals surface area contributed by atoms with Crippen molar-refractivity contribution < 1.29 is 4.42 Å². The van der Waals surface area contributed by atoms with Gasteiger partial charge in [0.05, 0.1) is 0 Å². The zero-order valence-corrected chi connectivity index (χ0v) is 13.3. The maximum absolute atomic E-state index is 6.27. The van der Waals surface area contributed by atoms with Crippen LogP contribution in [0.3, 0.4) is 0 Å². The van der Waals surface area contributed by atoms with E-state index in [1.807, 2.05) is 6.07 Å². The molecule has 6 rings (SSSR count). The number of rotatable bonds is 0. The molecule has 0 spiro atoms. The van der Waals surface area contributed by atoms with Crippen molar-refractivity contribution in [3.8, 4) is 22.3 Å². The van der Waals surface area contributed by atoms with Crippen LogP contribution in [0.4, 0.5) is 0 Å². The normalized spacial score (nSPS) is 12.3. The topological polar surface area (TPSA) is 13.1 Å². The molecule has 0 fully saturated rings. The van der Waals surface area contributed by atoms with Crippen LogP contribution < -0.4 is 5.46 Å². The first-order valence-electron chi connectivity index (χ1n) is 8.31. The summed E-state index contributed by atoms with van der Waals surface area (Å²) in [5.74, 6) is 0. The Balaban J connectivity index is 2.02. The van der Waals surface area contributed by atoms with Crippen LogP contribution in [0.1, 0.15) is 0 Å². The molecule has 1 aliphatic rings. The molecule has 24 heavy (non-hydrogen) atoms. The molecule has 0 saturated heterocycles. The maximum Gasteiger partial charge on any atom is 0.145 e. The second kappa shape index (κ2) is 4.10. The zero-order valence-electron chi connectivity index (χ0n) is 13.3. The van der Waals surface area contributed by atoms with Crippen LogP contribution in [0.2, 0.25) is 0 Å². The van der Waals surface area contributed by atoms with Gasteiger partial charge in [-0.3, -0.25) is 0 Å². The molecule has 4 aromatic carbocycles. The molecule has 0 saturated carbocycles. The van der Waals surface area contributed by atoms with E-state index in [1.165, 1.54) is 49.3 Å². The summed E-state index contributed by atoms with van der Waals surface area (Å²) in [6.07, 6.45) is 0. The summed E-state index contributed by atoms with van der Waals surface area (Å²) in [6.45, 7) is 0. The van der Waals surface area contributed by atoms with Gasteiger partial charge in [-0.15, -0.1) is 0 Å². The number of hydrogen-bond acceptors (Lipinski definition) is 1. The van der Waals surface area contributed by atoms with Crippen LogP contribution in [-0.2, 0) is 0 Å². The van der Waals surface area contributed by atoms with Crippen molar-refractivity contribution in [3.63, 3.8) is 0 Å². The van der Waals surface area contributed by atoms with Crippen molar-refractivity contribution in [3.05, 3.63) is 66.7 Å². The molecular weight excluding hydrogens is 291 g/mol. The van der Waals surface area contributed by atoms with E-state index in [0.717, 1.165) is 11.2 Å². The van der Waals surface area contributed by atoms with E-state index in [2.05, 4.69) is 68.5 Å². The molecule has 5 aromatic rings. The second-order valence-electron chi connectivity index (χ2n) is 6.58. The van der Waals surface area contributed by atoms with Crippen LogP contribution >= 0.6 is 0 Å². The molecule has 0 amide bonds. The third kappa shape index (κ3) is 1.29. The minimum absolute atomic E-state index is 0.966. The highest BCUT2D eigenvalue weighted by Crippen LogP contribution is 2.51. The van der Waals surface area contributed by atoms with E-state index < -0.39 is 0 Å². The lowest BCUT2D eigenvalue weighted by molar-refractivity contribution is 0.672. The highest BCUT2D eigenvalue weighted by molar-refractivity contribution is 6.48. The smallest absolute Gasteiger partial charge is 0.145 e. The van der Waals surface area contributed by atoms with Crippen molar-refractivity contribution in [2.45, 2.75) is 0 Å². The van der Waals surface area contributed by atoms with Gasteiger partial charge in [0.15, 0.2) is 0 Å². The molecular formula is C22H13BO. The second-order valence-corrected chi connectivity index (χ2v) is 6.58. The molecule has 1 aliphatic carbocycles. The zero-order chi connectivity index (χ0) is 15.8. The van der Waals surface area contributed by atoms with E-state index in [9.17, 15) is 0 Å². The monoisotopic (exact) mass is 304 g/mol. The van der Waals surface area contributed by atoms with Crippen LogP contribution in [0.15, 0.2) is 71.1 Å².